The summed E-state index contributed by atoms with van der Waals surface area (Å²) in [6.45, 7) is 4.90. The van der Waals surface area contributed by atoms with Gasteiger partial charge in [0, 0.05) is 20.1 Å². The first kappa shape index (κ1) is 37.8. The molecule has 0 aromatic rings. The molecular formula is C29H62N3O4PS. The van der Waals surface area contributed by atoms with E-state index in [1.807, 2.05) is 28.2 Å². The molecule has 1 atom stereocenters. The summed E-state index contributed by atoms with van der Waals surface area (Å²) in [4.78, 5) is 14.1. The quantitative estimate of drug-likeness (QED) is 0.0484. The van der Waals surface area contributed by atoms with Crippen LogP contribution in [-0.2, 0) is 13.6 Å². The molecule has 0 heterocycles. The Bertz CT molecular complexity index is 605. The van der Waals surface area contributed by atoms with Crippen molar-refractivity contribution >= 4 is 25.2 Å². The first-order chi connectivity index (χ1) is 18.1. The van der Waals surface area contributed by atoms with Gasteiger partial charge in [-0.05, 0) is 31.5 Å². The van der Waals surface area contributed by atoms with Gasteiger partial charge in [0.2, 0.25) is 0 Å². The Morgan fingerprint density at radius 3 is 1.55 bits per heavy atom. The molecule has 0 radical (unpaired) electrons. The topological polar surface area (TPSA) is 73.9 Å². The molecule has 0 rings (SSSR count). The number of phosphoric ester groups is 1. The van der Waals surface area contributed by atoms with Crippen LogP contribution in [0.15, 0.2) is 0 Å². The van der Waals surface area contributed by atoms with Crippen LogP contribution in [0.2, 0.25) is 0 Å². The van der Waals surface area contributed by atoms with Gasteiger partial charge in [-0.2, -0.15) is 0 Å². The first-order valence-electron chi connectivity index (χ1n) is 15.5. The number of hydrogen-bond acceptors (Lipinski definition) is 5. The monoisotopic (exact) mass is 579 g/mol. The van der Waals surface area contributed by atoms with Crippen molar-refractivity contribution in [1.29, 1.82) is 0 Å². The van der Waals surface area contributed by atoms with Crippen LogP contribution in [0.5, 0.6) is 0 Å². The van der Waals surface area contributed by atoms with Crippen molar-refractivity contribution in [2.24, 2.45) is 0 Å². The van der Waals surface area contributed by atoms with Gasteiger partial charge in [-0.1, -0.05) is 103 Å². The zero-order chi connectivity index (χ0) is 28.5. The molecule has 0 fully saturated rings. The molecule has 0 saturated heterocycles. The van der Waals surface area contributed by atoms with E-state index in [9.17, 15) is 9.46 Å². The fraction of sp³-hybridized carbons (Fsp3) is 0.966. The van der Waals surface area contributed by atoms with Crippen LogP contribution < -0.4 is 10.2 Å². The molecule has 0 aliphatic rings. The SMILES string of the molecule is CCCCCCCCCCCCCCCCCCN(CCCCOP(=O)([O-])OCC[N+](C)(C)C)C(=S)NC. The molecule has 1 N–H and O–H groups in total. The molecule has 0 aromatic carbocycles. The predicted molar refractivity (Wildman–Crippen MR) is 164 cm³/mol. The molecule has 0 aliphatic carbocycles. The van der Waals surface area contributed by atoms with Crippen molar-refractivity contribution in [2.45, 2.75) is 122 Å². The second-order valence-corrected chi connectivity index (χ2v) is 13.5. The third kappa shape index (κ3) is 26.0. The lowest BCUT2D eigenvalue weighted by Crippen LogP contribution is -2.39. The molecule has 7 nitrogen and oxygen atoms in total. The zero-order valence-corrected chi connectivity index (χ0v) is 27.4. The van der Waals surface area contributed by atoms with Crippen LogP contribution in [0.3, 0.4) is 0 Å². The molecule has 0 aromatic heterocycles. The average Bonchev–Trinajstić information content (AvgIpc) is 2.85. The van der Waals surface area contributed by atoms with E-state index in [4.69, 9.17) is 21.3 Å². The van der Waals surface area contributed by atoms with Gasteiger partial charge in [0.15, 0.2) is 5.11 Å². The van der Waals surface area contributed by atoms with Crippen LogP contribution in [0.25, 0.3) is 0 Å². The summed E-state index contributed by atoms with van der Waals surface area (Å²) >= 11 is 5.47. The minimum absolute atomic E-state index is 0.133. The van der Waals surface area contributed by atoms with Crippen molar-refractivity contribution in [1.82, 2.24) is 10.2 Å². The molecule has 1 unspecified atom stereocenters. The highest BCUT2D eigenvalue weighted by atomic mass is 32.1. The number of rotatable bonds is 27. The Kier molecular flexibility index (Phi) is 24.4. The maximum absolute atomic E-state index is 11.9. The number of nitrogens with one attached hydrogen (secondary N) is 1. The molecule has 0 spiro atoms. The number of phosphoric acid groups is 1. The van der Waals surface area contributed by atoms with E-state index in [0.717, 1.165) is 31.0 Å². The fourth-order valence-corrected chi connectivity index (χ4v) is 5.28. The zero-order valence-electron chi connectivity index (χ0n) is 25.6. The number of likely N-dealkylation sites (N-methyl/N-ethyl adjacent to an activating group) is 1. The highest BCUT2D eigenvalue weighted by Crippen LogP contribution is 2.38. The summed E-state index contributed by atoms with van der Waals surface area (Å²) in [5.74, 6) is 0. The van der Waals surface area contributed by atoms with Crippen LogP contribution in [0.1, 0.15) is 122 Å². The minimum atomic E-state index is -4.23. The Hall–Kier alpha value is -0.240. The van der Waals surface area contributed by atoms with Gasteiger partial charge in [-0.25, -0.2) is 0 Å². The number of unbranched alkanes of at least 4 members (excludes halogenated alkanes) is 16. The second-order valence-electron chi connectivity index (χ2n) is 11.7. The Balaban J connectivity index is 3.74. The second kappa shape index (κ2) is 24.5. The number of nitrogens with zero attached hydrogens (tertiary/aromatic N) is 2. The first-order valence-corrected chi connectivity index (χ1v) is 17.4. The highest BCUT2D eigenvalue weighted by Gasteiger charge is 2.13. The predicted octanol–water partition coefficient (Wildman–Crippen LogP) is 7.04. The van der Waals surface area contributed by atoms with Crippen LogP contribution in [0, 0.1) is 0 Å². The van der Waals surface area contributed by atoms with Crippen LogP contribution >= 0.6 is 20.0 Å². The summed E-state index contributed by atoms with van der Waals surface area (Å²) in [5, 5.41) is 3.83. The van der Waals surface area contributed by atoms with Gasteiger partial charge in [0.25, 0.3) is 7.82 Å². The summed E-state index contributed by atoms with van der Waals surface area (Å²) < 4.78 is 22.5. The lowest BCUT2D eigenvalue weighted by atomic mass is 10.0. The van der Waals surface area contributed by atoms with E-state index >= 15 is 0 Å². The van der Waals surface area contributed by atoms with E-state index in [2.05, 4.69) is 17.1 Å². The van der Waals surface area contributed by atoms with E-state index < -0.39 is 7.82 Å². The van der Waals surface area contributed by atoms with Crippen molar-refractivity contribution < 1.29 is 23.0 Å². The smallest absolute Gasteiger partial charge is 0.268 e. The van der Waals surface area contributed by atoms with Gasteiger partial charge in [-0.15, -0.1) is 0 Å². The Morgan fingerprint density at radius 2 is 1.13 bits per heavy atom. The lowest BCUT2D eigenvalue weighted by molar-refractivity contribution is -0.870. The fourth-order valence-electron chi connectivity index (χ4n) is 4.37. The van der Waals surface area contributed by atoms with E-state index in [-0.39, 0.29) is 13.2 Å². The molecule has 0 amide bonds. The van der Waals surface area contributed by atoms with Gasteiger partial charge in [0.1, 0.15) is 13.2 Å². The average molecular weight is 580 g/mol. The summed E-state index contributed by atoms with van der Waals surface area (Å²) in [7, 11) is 3.59. The van der Waals surface area contributed by atoms with Crippen LogP contribution in [-0.4, -0.2) is 75.5 Å². The van der Waals surface area contributed by atoms with Gasteiger partial charge in [-0.3, -0.25) is 4.57 Å². The van der Waals surface area contributed by atoms with Crippen molar-refractivity contribution in [2.75, 3.05) is 61.0 Å². The standard InChI is InChI=1S/C29H62N3O4PS/c1-6-7-8-9-10-11-12-13-14-15-16-17-18-19-20-21-24-31(29(38)30-2)25-22-23-27-35-37(33,34)36-28-26-32(3,4)5/h6-28H2,1-5H3,(H-,30,33,34,38). The molecular weight excluding hydrogens is 517 g/mol. The molecule has 228 valence electrons. The van der Waals surface area contributed by atoms with Crippen molar-refractivity contribution in [3.05, 3.63) is 0 Å². The highest BCUT2D eigenvalue weighted by molar-refractivity contribution is 7.80. The largest absolute Gasteiger partial charge is 0.756 e. The van der Waals surface area contributed by atoms with Gasteiger partial charge in [0.05, 0.1) is 27.7 Å². The van der Waals surface area contributed by atoms with Crippen molar-refractivity contribution in [3.8, 4) is 0 Å². The van der Waals surface area contributed by atoms with Gasteiger partial charge >= 0.3 is 0 Å². The molecule has 9 heteroatoms. The Labute approximate surface area is 241 Å². The third-order valence-corrected chi connectivity index (χ3v) is 8.33. The van der Waals surface area contributed by atoms with E-state index in [1.165, 1.54) is 96.3 Å². The van der Waals surface area contributed by atoms with E-state index in [0.29, 0.717) is 17.4 Å². The van der Waals surface area contributed by atoms with Crippen molar-refractivity contribution in [3.63, 3.8) is 0 Å². The summed E-state index contributed by atoms with van der Waals surface area (Å²) in [6.07, 6.45) is 23.3. The van der Waals surface area contributed by atoms with E-state index in [1.54, 1.807) is 0 Å². The molecule has 0 bridgehead atoms. The summed E-state index contributed by atoms with van der Waals surface area (Å²) in [6, 6.07) is 0. The number of hydrogen-bond donors (Lipinski definition) is 1. The summed E-state index contributed by atoms with van der Waals surface area (Å²) in [5.41, 5.74) is 0. The molecule has 0 aliphatic heterocycles. The van der Waals surface area contributed by atoms with Gasteiger partial charge < -0.3 is 28.6 Å². The number of thiocarbonyl (C=S) groups is 1. The minimum Gasteiger partial charge on any atom is -0.756 e. The van der Waals surface area contributed by atoms with Crippen LogP contribution in [0.4, 0.5) is 0 Å². The molecule has 0 saturated carbocycles. The maximum atomic E-state index is 11.9. The maximum Gasteiger partial charge on any atom is 0.268 e. The number of quaternary nitrogens is 1. The third-order valence-electron chi connectivity index (χ3n) is 6.87. The molecule has 38 heavy (non-hydrogen) atoms. The Morgan fingerprint density at radius 1 is 0.737 bits per heavy atom. The lowest BCUT2D eigenvalue weighted by Gasteiger charge is -2.27. The normalized spacial score (nSPS) is 13.4.